The van der Waals surface area contributed by atoms with E-state index in [1.807, 2.05) is 0 Å². The molecule has 0 amide bonds. The van der Waals surface area contributed by atoms with Gasteiger partial charge < -0.3 is 10.1 Å². The van der Waals surface area contributed by atoms with E-state index in [9.17, 15) is 0 Å². The quantitative estimate of drug-likeness (QED) is 0.880. The lowest BCUT2D eigenvalue weighted by Crippen LogP contribution is -2.32. The first-order valence-electron chi connectivity index (χ1n) is 7.06. The molecule has 3 unspecified atom stereocenters. The Morgan fingerprint density at radius 1 is 1.39 bits per heavy atom. The van der Waals surface area contributed by atoms with Gasteiger partial charge in [-0.1, -0.05) is 25.1 Å². The zero-order chi connectivity index (χ0) is 13.1. The van der Waals surface area contributed by atoms with Crippen molar-refractivity contribution >= 4 is 0 Å². The average molecular weight is 247 g/mol. The summed E-state index contributed by atoms with van der Waals surface area (Å²) in [5.74, 6) is 0.588. The lowest BCUT2D eigenvalue weighted by Gasteiger charge is -2.28. The van der Waals surface area contributed by atoms with Crippen molar-refractivity contribution in [2.75, 3.05) is 13.2 Å². The molecule has 0 aromatic heterocycles. The van der Waals surface area contributed by atoms with Crippen LogP contribution in [0.3, 0.4) is 0 Å². The summed E-state index contributed by atoms with van der Waals surface area (Å²) in [5, 5.41) is 3.66. The van der Waals surface area contributed by atoms with Crippen LogP contribution in [0.15, 0.2) is 18.2 Å². The van der Waals surface area contributed by atoms with Crippen LogP contribution in [0.5, 0.6) is 0 Å². The van der Waals surface area contributed by atoms with Crippen LogP contribution in [0, 0.1) is 19.8 Å². The molecule has 2 rings (SSSR count). The standard InChI is InChI=1S/C16H25NO/c1-5-17-16(15-9-10-18-13(15)4)14-8-6-7-11(2)12(14)3/h6-8,13,15-17H,5,9-10H2,1-4H3. The van der Waals surface area contributed by atoms with Crippen LogP contribution in [-0.2, 0) is 4.74 Å². The van der Waals surface area contributed by atoms with E-state index in [1.165, 1.54) is 16.7 Å². The molecule has 1 aromatic rings. The number of hydrogen-bond donors (Lipinski definition) is 1. The zero-order valence-corrected chi connectivity index (χ0v) is 12.0. The molecule has 18 heavy (non-hydrogen) atoms. The molecule has 0 radical (unpaired) electrons. The van der Waals surface area contributed by atoms with Crippen molar-refractivity contribution in [3.8, 4) is 0 Å². The lowest BCUT2D eigenvalue weighted by atomic mass is 9.85. The van der Waals surface area contributed by atoms with Gasteiger partial charge in [0.05, 0.1) is 6.10 Å². The molecule has 1 aliphatic rings. The van der Waals surface area contributed by atoms with Crippen molar-refractivity contribution in [3.05, 3.63) is 34.9 Å². The Bertz CT molecular complexity index is 402. The van der Waals surface area contributed by atoms with E-state index in [-0.39, 0.29) is 0 Å². The van der Waals surface area contributed by atoms with Gasteiger partial charge in [-0.15, -0.1) is 0 Å². The van der Waals surface area contributed by atoms with E-state index in [0.717, 1.165) is 19.6 Å². The minimum absolute atomic E-state index is 0.356. The van der Waals surface area contributed by atoms with Crippen molar-refractivity contribution in [2.45, 2.75) is 46.3 Å². The highest BCUT2D eigenvalue weighted by atomic mass is 16.5. The van der Waals surface area contributed by atoms with Gasteiger partial charge >= 0.3 is 0 Å². The van der Waals surface area contributed by atoms with Gasteiger partial charge in [-0.2, -0.15) is 0 Å². The topological polar surface area (TPSA) is 21.3 Å². The van der Waals surface area contributed by atoms with Gasteiger partial charge in [-0.25, -0.2) is 0 Å². The molecular weight excluding hydrogens is 222 g/mol. The van der Waals surface area contributed by atoms with Gasteiger partial charge in [-0.05, 0) is 50.4 Å². The monoisotopic (exact) mass is 247 g/mol. The fourth-order valence-corrected chi connectivity index (χ4v) is 3.01. The largest absolute Gasteiger partial charge is 0.378 e. The van der Waals surface area contributed by atoms with Crippen molar-refractivity contribution in [3.63, 3.8) is 0 Å². The average Bonchev–Trinajstić information content (AvgIpc) is 2.76. The zero-order valence-electron chi connectivity index (χ0n) is 12.0. The Morgan fingerprint density at radius 3 is 2.78 bits per heavy atom. The van der Waals surface area contributed by atoms with Crippen LogP contribution < -0.4 is 5.32 Å². The summed E-state index contributed by atoms with van der Waals surface area (Å²) in [7, 11) is 0. The third kappa shape index (κ3) is 2.60. The van der Waals surface area contributed by atoms with Crippen molar-refractivity contribution in [1.82, 2.24) is 5.32 Å². The molecule has 1 aromatic carbocycles. The predicted molar refractivity (Wildman–Crippen MR) is 75.9 cm³/mol. The predicted octanol–water partition coefficient (Wildman–Crippen LogP) is 3.38. The summed E-state index contributed by atoms with van der Waals surface area (Å²) in [6, 6.07) is 7.05. The van der Waals surface area contributed by atoms with Crippen molar-refractivity contribution < 1.29 is 4.74 Å². The molecule has 0 spiro atoms. The first kappa shape index (κ1) is 13.6. The van der Waals surface area contributed by atoms with E-state index < -0.39 is 0 Å². The highest BCUT2D eigenvalue weighted by Crippen LogP contribution is 2.35. The van der Waals surface area contributed by atoms with Gasteiger partial charge in [-0.3, -0.25) is 0 Å². The molecule has 2 heteroatoms. The maximum Gasteiger partial charge on any atom is 0.0594 e. The molecule has 1 aliphatic heterocycles. The number of benzene rings is 1. The molecule has 0 aliphatic carbocycles. The SMILES string of the molecule is CCNC(c1cccc(C)c1C)C1CCOC1C. The van der Waals surface area contributed by atoms with Gasteiger partial charge in [0.1, 0.15) is 0 Å². The Kier molecular flexibility index (Phi) is 4.41. The second-order valence-corrected chi connectivity index (χ2v) is 5.35. The second-order valence-electron chi connectivity index (χ2n) is 5.35. The minimum atomic E-state index is 0.356. The number of nitrogens with one attached hydrogen (secondary N) is 1. The fourth-order valence-electron chi connectivity index (χ4n) is 3.01. The van der Waals surface area contributed by atoms with E-state index in [4.69, 9.17) is 4.74 Å². The van der Waals surface area contributed by atoms with Crippen LogP contribution >= 0.6 is 0 Å². The first-order valence-corrected chi connectivity index (χ1v) is 7.06. The van der Waals surface area contributed by atoms with Crippen molar-refractivity contribution in [2.24, 2.45) is 5.92 Å². The second kappa shape index (κ2) is 5.85. The summed E-state index contributed by atoms with van der Waals surface area (Å²) in [5.41, 5.74) is 4.24. The third-order valence-corrected chi connectivity index (χ3v) is 4.27. The van der Waals surface area contributed by atoms with Gasteiger partial charge in [0.25, 0.3) is 0 Å². The Balaban J connectivity index is 2.31. The summed E-state index contributed by atoms with van der Waals surface area (Å²) in [6.45, 7) is 10.7. The van der Waals surface area contributed by atoms with Crippen LogP contribution in [0.1, 0.15) is 43.0 Å². The molecule has 1 fully saturated rings. The fraction of sp³-hybridized carbons (Fsp3) is 0.625. The van der Waals surface area contributed by atoms with E-state index in [1.54, 1.807) is 0 Å². The van der Waals surface area contributed by atoms with Crippen molar-refractivity contribution in [1.29, 1.82) is 0 Å². The van der Waals surface area contributed by atoms with Gasteiger partial charge in [0.2, 0.25) is 0 Å². The van der Waals surface area contributed by atoms with Crippen LogP contribution in [0.2, 0.25) is 0 Å². The summed E-state index contributed by atoms with van der Waals surface area (Å²) in [6.07, 6.45) is 1.51. The van der Waals surface area contributed by atoms with Gasteiger partial charge in [0.15, 0.2) is 0 Å². The summed E-state index contributed by atoms with van der Waals surface area (Å²) in [4.78, 5) is 0. The van der Waals surface area contributed by atoms with E-state index >= 15 is 0 Å². The molecule has 1 N–H and O–H groups in total. The normalized spacial score (nSPS) is 25.3. The summed E-state index contributed by atoms with van der Waals surface area (Å²) < 4.78 is 5.74. The van der Waals surface area contributed by atoms with E-state index in [2.05, 4.69) is 51.2 Å². The molecule has 0 bridgehead atoms. The maximum absolute atomic E-state index is 5.74. The Hall–Kier alpha value is -0.860. The number of ether oxygens (including phenoxy) is 1. The highest BCUT2D eigenvalue weighted by molar-refractivity contribution is 5.36. The molecule has 3 atom stereocenters. The molecular formula is C16H25NO. The van der Waals surface area contributed by atoms with Gasteiger partial charge in [0, 0.05) is 18.6 Å². The maximum atomic E-state index is 5.74. The number of rotatable bonds is 4. The molecule has 2 nitrogen and oxygen atoms in total. The third-order valence-electron chi connectivity index (χ3n) is 4.27. The van der Waals surface area contributed by atoms with Crippen LogP contribution in [-0.4, -0.2) is 19.3 Å². The Labute approximate surface area is 111 Å². The Morgan fingerprint density at radius 2 is 2.17 bits per heavy atom. The number of hydrogen-bond acceptors (Lipinski definition) is 2. The molecule has 1 heterocycles. The first-order chi connectivity index (χ1) is 8.65. The molecule has 0 saturated carbocycles. The van der Waals surface area contributed by atoms with Crippen LogP contribution in [0.25, 0.3) is 0 Å². The highest BCUT2D eigenvalue weighted by Gasteiger charge is 2.33. The van der Waals surface area contributed by atoms with E-state index in [0.29, 0.717) is 18.1 Å². The molecule has 1 saturated heterocycles. The number of aryl methyl sites for hydroxylation is 1. The molecule has 100 valence electrons. The summed E-state index contributed by atoms with van der Waals surface area (Å²) >= 11 is 0. The lowest BCUT2D eigenvalue weighted by molar-refractivity contribution is 0.0955. The van der Waals surface area contributed by atoms with Crippen LogP contribution in [0.4, 0.5) is 0 Å². The smallest absolute Gasteiger partial charge is 0.0594 e. The minimum Gasteiger partial charge on any atom is -0.378 e.